The Hall–Kier alpha value is -1.46. The summed E-state index contributed by atoms with van der Waals surface area (Å²) in [5, 5.41) is 17.3. The van der Waals surface area contributed by atoms with E-state index in [2.05, 4.69) is 11.8 Å². The number of hydrogen-bond acceptors (Lipinski definition) is 4. The van der Waals surface area contributed by atoms with Crippen molar-refractivity contribution in [1.82, 2.24) is 4.31 Å². The quantitative estimate of drug-likeness (QED) is 0.760. The van der Waals surface area contributed by atoms with Crippen LogP contribution in [0.25, 0.3) is 0 Å². The average molecular weight is 301 g/mol. The fraction of sp³-hybridized carbons (Fsp3) is 0.385. The largest absolute Gasteiger partial charge is 0.395 e. The SMILES string of the molecule is CN(CCO)S(=O)(=O)c1ccc(C#CCCO)c(F)c1. The van der Waals surface area contributed by atoms with Gasteiger partial charge in [-0.1, -0.05) is 11.8 Å². The highest BCUT2D eigenvalue weighted by molar-refractivity contribution is 7.89. The third kappa shape index (κ3) is 4.02. The van der Waals surface area contributed by atoms with Crippen molar-refractivity contribution in [3.05, 3.63) is 29.6 Å². The van der Waals surface area contributed by atoms with Gasteiger partial charge < -0.3 is 10.2 Å². The number of nitrogens with zero attached hydrogens (tertiary/aromatic N) is 1. The van der Waals surface area contributed by atoms with E-state index in [1.807, 2.05) is 0 Å². The fourth-order valence-corrected chi connectivity index (χ4v) is 2.59. The number of likely N-dealkylation sites (N-methyl/N-ethyl adjacent to an activating group) is 1. The summed E-state index contributed by atoms with van der Waals surface area (Å²) in [5.41, 5.74) is 0.0715. The first kappa shape index (κ1) is 16.6. The van der Waals surface area contributed by atoms with Crippen LogP contribution in [-0.2, 0) is 10.0 Å². The molecule has 0 unspecified atom stereocenters. The molecule has 0 fully saturated rings. The second-order valence-electron chi connectivity index (χ2n) is 3.97. The molecule has 1 aromatic rings. The number of halogens is 1. The summed E-state index contributed by atoms with van der Waals surface area (Å²) in [5.74, 6) is 4.33. The molecule has 0 heterocycles. The van der Waals surface area contributed by atoms with Crippen LogP contribution in [0.1, 0.15) is 12.0 Å². The summed E-state index contributed by atoms with van der Waals surface area (Å²) in [7, 11) is -2.52. The lowest BCUT2D eigenvalue weighted by molar-refractivity contribution is 0.266. The van der Waals surface area contributed by atoms with Crippen molar-refractivity contribution in [3.63, 3.8) is 0 Å². The zero-order valence-corrected chi connectivity index (χ0v) is 11.8. The molecule has 20 heavy (non-hydrogen) atoms. The number of benzene rings is 1. The first-order valence-electron chi connectivity index (χ1n) is 5.90. The van der Waals surface area contributed by atoms with Crippen LogP contribution in [0, 0.1) is 17.7 Å². The minimum absolute atomic E-state index is 0.0675. The lowest BCUT2D eigenvalue weighted by Gasteiger charge is -2.15. The molecule has 0 aliphatic carbocycles. The summed E-state index contributed by atoms with van der Waals surface area (Å²) < 4.78 is 38.8. The topological polar surface area (TPSA) is 77.8 Å². The van der Waals surface area contributed by atoms with E-state index in [9.17, 15) is 12.8 Å². The number of aliphatic hydroxyl groups is 2. The summed E-state index contributed by atoms with van der Waals surface area (Å²) in [6.07, 6.45) is 0.221. The van der Waals surface area contributed by atoms with Gasteiger partial charge in [-0.15, -0.1) is 0 Å². The predicted octanol–water partition coefficient (Wildman–Crippen LogP) is 0.172. The van der Waals surface area contributed by atoms with Crippen molar-refractivity contribution in [1.29, 1.82) is 0 Å². The van der Waals surface area contributed by atoms with E-state index < -0.39 is 15.8 Å². The molecule has 5 nitrogen and oxygen atoms in total. The second kappa shape index (κ2) is 7.36. The smallest absolute Gasteiger partial charge is 0.242 e. The van der Waals surface area contributed by atoms with Gasteiger partial charge in [-0.3, -0.25) is 0 Å². The number of rotatable bonds is 5. The number of sulfonamides is 1. The average Bonchev–Trinajstić information content (AvgIpc) is 2.41. The molecule has 0 aliphatic rings. The van der Waals surface area contributed by atoms with Gasteiger partial charge in [0.15, 0.2) is 0 Å². The van der Waals surface area contributed by atoms with Crippen molar-refractivity contribution in [3.8, 4) is 11.8 Å². The van der Waals surface area contributed by atoms with Crippen molar-refractivity contribution < 1.29 is 23.0 Å². The molecule has 110 valence electrons. The van der Waals surface area contributed by atoms with Crippen molar-refractivity contribution >= 4 is 10.0 Å². The molecule has 1 aromatic carbocycles. The molecule has 0 bridgehead atoms. The van der Waals surface area contributed by atoms with Gasteiger partial charge in [0.25, 0.3) is 0 Å². The van der Waals surface area contributed by atoms with Crippen LogP contribution in [0.3, 0.4) is 0 Å². The Kier molecular flexibility index (Phi) is 6.10. The molecule has 2 N–H and O–H groups in total. The first-order chi connectivity index (χ1) is 9.43. The van der Waals surface area contributed by atoms with Crippen LogP contribution in [0.5, 0.6) is 0 Å². The molecular weight excluding hydrogens is 285 g/mol. The van der Waals surface area contributed by atoms with Crippen LogP contribution in [0.4, 0.5) is 4.39 Å². The minimum atomic E-state index is -3.82. The standard InChI is InChI=1S/C13H16FNO4S/c1-15(7-9-17)20(18,19)12-6-5-11(13(14)10-12)4-2-3-8-16/h5-6,10,16-17H,3,7-9H2,1H3. The maximum absolute atomic E-state index is 13.8. The Morgan fingerprint density at radius 1 is 1.30 bits per heavy atom. The lowest BCUT2D eigenvalue weighted by atomic mass is 10.2. The molecule has 0 spiro atoms. The third-order valence-electron chi connectivity index (χ3n) is 2.52. The van der Waals surface area contributed by atoms with Crippen molar-refractivity contribution in [2.45, 2.75) is 11.3 Å². The molecule has 1 rings (SSSR count). The molecule has 7 heteroatoms. The molecule has 0 aliphatic heterocycles. The molecule has 0 radical (unpaired) electrons. The van der Waals surface area contributed by atoms with Crippen molar-refractivity contribution in [2.75, 3.05) is 26.8 Å². The minimum Gasteiger partial charge on any atom is -0.395 e. The van der Waals surface area contributed by atoms with E-state index in [0.29, 0.717) is 0 Å². The highest BCUT2D eigenvalue weighted by Gasteiger charge is 2.21. The van der Waals surface area contributed by atoms with Gasteiger partial charge in [-0.2, -0.15) is 4.31 Å². The van der Waals surface area contributed by atoms with E-state index >= 15 is 0 Å². The van der Waals surface area contributed by atoms with Crippen molar-refractivity contribution in [2.24, 2.45) is 0 Å². The van der Waals surface area contributed by atoms with E-state index in [1.54, 1.807) is 0 Å². The molecule has 0 saturated carbocycles. The maximum atomic E-state index is 13.8. The van der Waals surface area contributed by atoms with Crippen LogP contribution >= 0.6 is 0 Å². The monoisotopic (exact) mass is 301 g/mol. The Morgan fingerprint density at radius 2 is 2.00 bits per heavy atom. The molecule has 0 saturated heterocycles. The molecule has 0 atom stereocenters. The third-order valence-corrected chi connectivity index (χ3v) is 4.38. The Balaban J connectivity index is 3.07. The predicted molar refractivity (Wildman–Crippen MR) is 71.9 cm³/mol. The second-order valence-corrected chi connectivity index (χ2v) is 6.01. The summed E-state index contributed by atoms with van der Waals surface area (Å²) in [4.78, 5) is -0.196. The summed E-state index contributed by atoms with van der Waals surface area (Å²) in [6.45, 7) is -0.502. The van der Waals surface area contributed by atoms with E-state index in [4.69, 9.17) is 10.2 Å². The summed E-state index contributed by atoms with van der Waals surface area (Å²) >= 11 is 0. The van der Waals surface area contributed by atoms with E-state index in [-0.39, 0.29) is 36.6 Å². The van der Waals surface area contributed by atoms with Crippen LogP contribution in [0.2, 0.25) is 0 Å². The van der Waals surface area contributed by atoms with Gasteiger partial charge in [0.1, 0.15) is 5.82 Å². The highest BCUT2D eigenvalue weighted by atomic mass is 32.2. The number of aliphatic hydroxyl groups excluding tert-OH is 2. The zero-order chi connectivity index (χ0) is 15.2. The van der Waals surface area contributed by atoms with E-state index in [0.717, 1.165) is 10.4 Å². The van der Waals surface area contributed by atoms with Crippen LogP contribution in [0.15, 0.2) is 23.1 Å². The Labute approximate surface area is 117 Å². The van der Waals surface area contributed by atoms with E-state index in [1.165, 1.54) is 19.2 Å². The van der Waals surface area contributed by atoms with Gasteiger partial charge in [0.05, 0.1) is 23.7 Å². The zero-order valence-electron chi connectivity index (χ0n) is 11.0. The fourth-order valence-electron chi connectivity index (χ4n) is 1.41. The van der Waals surface area contributed by atoms with Gasteiger partial charge in [-0.05, 0) is 18.2 Å². The van der Waals surface area contributed by atoms with Gasteiger partial charge in [0, 0.05) is 20.0 Å². The van der Waals surface area contributed by atoms with Crippen LogP contribution < -0.4 is 0 Å². The highest BCUT2D eigenvalue weighted by Crippen LogP contribution is 2.17. The summed E-state index contributed by atoms with van der Waals surface area (Å²) in [6, 6.07) is 3.43. The molecule has 0 aromatic heterocycles. The first-order valence-corrected chi connectivity index (χ1v) is 7.34. The van der Waals surface area contributed by atoms with Gasteiger partial charge in [-0.25, -0.2) is 12.8 Å². The normalized spacial score (nSPS) is 11.2. The van der Waals surface area contributed by atoms with Crippen LogP contribution in [-0.4, -0.2) is 49.7 Å². The Bertz CT molecular complexity index is 619. The maximum Gasteiger partial charge on any atom is 0.242 e. The molecular formula is C13H16FNO4S. The van der Waals surface area contributed by atoms with Gasteiger partial charge >= 0.3 is 0 Å². The number of hydrogen-bond donors (Lipinski definition) is 2. The molecule has 0 amide bonds. The lowest BCUT2D eigenvalue weighted by Crippen LogP contribution is -2.29. The van der Waals surface area contributed by atoms with Gasteiger partial charge in [0.2, 0.25) is 10.0 Å². The Morgan fingerprint density at radius 3 is 2.55 bits per heavy atom.